The Balaban J connectivity index is 3.17. The molecule has 0 saturated heterocycles. The van der Waals surface area contributed by atoms with Gasteiger partial charge in [0.25, 0.3) is 0 Å². The van der Waals surface area contributed by atoms with Crippen LogP contribution in [-0.2, 0) is 14.8 Å². The predicted octanol–water partition coefficient (Wildman–Crippen LogP) is 1.99. The smallest absolute Gasteiger partial charge is 0.338 e. The quantitative estimate of drug-likeness (QED) is 0.750. The minimum absolute atomic E-state index is 0.122. The van der Waals surface area contributed by atoms with Crippen molar-refractivity contribution in [1.82, 2.24) is 4.72 Å². The van der Waals surface area contributed by atoms with Gasteiger partial charge < -0.3 is 9.84 Å². The number of benzene rings is 1. The second-order valence-corrected chi connectivity index (χ2v) is 6.85. The summed E-state index contributed by atoms with van der Waals surface area (Å²) in [5.74, 6) is -2.85. The minimum atomic E-state index is -4.20. The molecule has 6 nitrogen and oxygen atoms in total. The number of carbonyl (C=O) groups is 1. The lowest BCUT2D eigenvalue weighted by Gasteiger charge is -2.15. The monoisotopic (exact) mass is 383 g/mol. The molecule has 2 N–H and O–H groups in total. The average Bonchev–Trinajstić information content (AvgIpc) is 2.37. The summed E-state index contributed by atoms with van der Waals surface area (Å²) in [6.07, 6.45) is 0. The van der Waals surface area contributed by atoms with E-state index in [0.29, 0.717) is 6.61 Å². The van der Waals surface area contributed by atoms with Crippen molar-refractivity contribution in [2.24, 2.45) is 0 Å². The van der Waals surface area contributed by atoms with Crippen molar-refractivity contribution in [3.05, 3.63) is 28.0 Å². The van der Waals surface area contributed by atoms with E-state index < -0.39 is 38.3 Å². The fourth-order valence-electron chi connectivity index (χ4n) is 1.57. The van der Waals surface area contributed by atoms with E-state index >= 15 is 0 Å². The lowest BCUT2D eigenvalue weighted by Crippen LogP contribution is -2.36. The second-order valence-electron chi connectivity index (χ2n) is 4.25. The number of carboxylic acid groups (broad SMARTS) is 1. The van der Waals surface area contributed by atoms with Crippen LogP contribution < -0.4 is 4.72 Å². The molecule has 0 aliphatic heterocycles. The van der Waals surface area contributed by atoms with Crippen molar-refractivity contribution in [2.45, 2.75) is 24.8 Å². The van der Waals surface area contributed by atoms with E-state index in [1.807, 2.05) is 0 Å². The number of aromatic carboxylic acids is 1. The van der Waals surface area contributed by atoms with Crippen molar-refractivity contribution in [3.8, 4) is 0 Å². The number of carboxylic acids is 1. The Morgan fingerprint density at radius 2 is 2.14 bits per heavy atom. The van der Waals surface area contributed by atoms with Crippen LogP contribution in [0.3, 0.4) is 0 Å². The van der Waals surface area contributed by atoms with E-state index in [1.54, 1.807) is 13.8 Å². The van der Waals surface area contributed by atoms with Crippen molar-refractivity contribution in [1.29, 1.82) is 0 Å². The summed E-state index contributed by atoms with van der Waals surface area (Å²) < 4.78 is 45.8. The Hall–Kier alpha value is -1.03. The molecule has 0 aliphatic carbocycles. The SMILES string of the molecule is CCOCC(C)NS(=O)(=O)c1cc(Br)cc(C(=O)O)c1F. The first-order chi connectivity index (χ1) is 9.69. The molecule has 1 rings (SSSR count). The molecule has 0 aromatic heterocycles. The third-order valence-corrected chi connectivity index (χ3v) is 4.50. The van der Waals surface area contributed by atoms with Crippen LogP contribution in [0, 0.1) is 5.82 Å². The maximum absolute atomic E-state index is 14.0. The Kier molecular flexibility index (Phi) is 6.26. The maximum Gasteiger partial charge on any atom is 0.338 e. The lowest BCUT2D eigenvalue weighted by atomic mass is 10.2. The van der Waals surface area contributed by atoms with Gasteiger partial charge in [-0.05, 0) is 26.0 Å². The largest absolute Gasteiger partial charge is 0.478 e. The summed E-state index contributed by atoms with van der Waals surface area (Å²) in [5.41, 5.74) is -0.720. The summed E-state index contributed by atoms with van der Waals surface area (Å²) in [6.45, 7) is 3.85. The van der Waals surface area contributed by atoms with E-state index in [0.717, 1.165) is 12.1 Å². The van der Waals surface area contributed by atoms with E-state index in [2.05, 4.69) is 20.7 Å². The Bertz CT molecular complexity index is 635. The van der Waals surface area contributed by atoms with Crippen LogP contribution in [-0.4, -0.2) is 38.7 Å². The van der Waals surface area contributed by atoms with Crippen molar-refractivity contribution >= 4 is 31.9 Å². The molecular weight excluding hydrogens is 369 g/mol. The first-order valence-corrected chi connectivity index (χ1v) is 8.29. The van der Waals surface area contributed by atoms with Crippen LogP contribution in [0.5, 0.6) is 0 Å². The van der Waals surface area contributed by atoms with Crippen LogP contribution >= 0.6 is 15.9 Å². The van der Waals surface area contributed by atoms with Crippen LogP contribution in [0.2, 0.25) is 0 Å². The first kappa shape index (κ1) is 18.0. The molecule has 21 heavy (non-hydrogen) atoms. The first-order valence-electron chi connectivity index (χ1n) is 6.01. The number of rotatable bonds is 7. The molecule has 0 spiro atoms. The Labute approximate surface area is 130 Å². The molecule has 1 aromatic carbocycles. The topological polar surface area (TPSA) is 92.7 Å². The van der Waals surface area contributed by atoms with Gasteiger partial charge in [-0.15, -0.1) is 0 Å². The van der Waals surface area contributed by atoms with Crippen LogP contribution in [0.25, 0.3) is 0 Å². The number of nitrogens with one attached hydrogen (secondary N) is 1. The molecule has 0 saturated carbocycles. The Morgan fingerprint density at radius 3 is 2.67 bits per heavy atom. The van der Waals surface area contributed by atoms with E-state index in [1.165, 1.54) is 0 Å². The van der Waals surface area contributed by atoms with E-state index in [-0.39, 0.29) is 11.1 Å². The zero-order valence-corrected chi connectivity index (χ0v) is 13.8. The number of sulfonamides is 1. The highest BCUT2D eigenvalue weighted by atomic mass is 79.9. The maximum atomic E-state index is 14.0. The van der Waals surface area contributed by atoms with Gasteiger partial charge in [0.05, 0.1) is 12.2 Å². The molecule has 118 valence electrons. The molecule has 1 aromatic rings. The second kappa shape index (κ2) is 7.30. The third-order valence-electron chi connectivity index (χ3n) is 2.45. The molecule has 0 heterocycles. The van der Waals surface area contributed by atoms with Gasteiger partial charge >= 0.3 is 5.97 Å². The fourth-order valence-corrected chi connectivity index (χ4v) is 3.53. The lowest BCUT2D eigenvalue weighted by molar-refractivity contribution is 0.0691. The van der Waals surface area contributed by atoms with Crippen molar-refractivity contribution < 1.29 is 27.4 Å². The van der Waals surface area contributed by atoms with Gasteiger partial charge in [-0.3, -0.25) is 0 Å². The van der Waals surface area contributed by atoms with Gasteiger partial charge in [-0.1, -0.05) is 15.9 Å². The average molecular weight is 384 g/mol. The normalized spacial score (nSPS) is 13.1. The standard InChI is InChI=1S/C12H15BrFNO5S/c1-3-20-6-7(2)15-21(18,19)10-5-8(13)4-9(11(10)14)12(16)17/h4-5,7,15H,3,6H2,1-2H3,(H,16,17). The van der Waals surface area contributed by atoms with Crippen LogP contribution in [0.1, 0.15) is 24.2 Å². The molecule has 0 bridgehead atoms. The van der Waals surface area contributed by atoms with Gasteiger partial charge in [-0.25, -0.2) is 22.3 Å². The highest BCUT2D eigenvalue weighted by molar-refractivity contribution is 9.10. The van der Waals surface area contributed by atoms with Crippen LogP contribution in [0.15, 0.2) is 21.5 Å². The van der Waals surface area contributed by atoms with Gasteiger partial charge in [0.2, 0.25) is 10.0 Å². The molecule has 1 unspecified atom stereocenters. The molecule has 0 amide bonds. The summed E-state index contributed by atoms with van der Waals surface area (Å²) in [6, 6.07) is 1.43. The minimum Gasteiger partial charge on any atom is -0.478 e. The van der Waals surface area contributed by atoms with Crippen LogP contribution in [0.4, 0.5) is 4.39 Å². The van der Waals surface area contributed by atoms with E-state index in [9.17, 15) is 17.6 Å². The van der Waals surface area contributed by atoms with Gasteiger partial charge in [0, 0.05) is 17.1 Å². The molecule has 0 radical (unpaired) electrons. The third kappa shape index (κ3) is 4.73. The van der Waals surface area contributed by atoms with Crippen molar-refractivity contribution in [2.75, 3.05) is 13.2 Å². The zero-order chi connectivity index (χ0) is 16.2. The number of hydrogen-bond acceptors (Lipinski definition) is 4. The molecule has 1 atom stereocenters. The summed E-state index contributed by atoms with van der Waals surface area (Å²) >= 11 is 2.97. The highest BCUT2D eigenvalue weighted by Gasteiger charge is 2.26. The Morgan fingerprint density at radius 1 is 1.52 bits per heavy atom. The molecule has 9 heteroatoms. The summed E-state index contributed by atoms with van der Waals surface area (Å²) in [7, 11) is -4.20. The number of hydrogen-bond donors (Lipinski definition) is 2. The summed E-state index contributed by atoms with van der Waals surface area (Å²) in [4.78, 5) is 10.2. The number of halogens is 2. The van der Waals surface area contributed by atoms with Gasteiger partial charge in [-0.2, -0.15) is 0 Å². The highest BCUT2D eigenvalue weighted by Crippen LogP contribution is 2.24. The number of ether oxygens (including phenoxy) is 1. The molecule has 0 aliphatic rings. The zero-order valence-electron chi connectivity index (χ0n) is 11.4. The molecular formula is C12H15BrFNO5S. The van der Waals surface area contributed by atoms with E-state index in [4.69, 9.17) is 9.84 Å². The van der Waals surface area contributed by atoms with Gasteiger partial charge in [0.15, 0.2) is 5.82 Å². The predicted molar refractivity (Wildman–Crippen MR) is 77.3 cm³/mol. The fraction of sp³-hybridized carbons (Fsp3) is 0.417. The van der Waals surface area contributed by atoms with Gasteiger partial charge in [0.1, 0.15) is 4.90 Å². The summed E-state index contributed by atoms with van der Waals surface area (Å²) in [5, 5.41) is 8.88. The molecule has 0 fully saturated rings. The van der Waals surface area contributed by atoms with Crippen molar-refractivity contribution in [3.63, 3.8) is 0 Å².